The van der Waals surface area contributed by atoms with Gasteiger partial charge in [0.05, 0.1) is 4.99 Å². The fourth-order valence-corrected chi connectivity index (χ4v) is 10.1. The first-order chi connectivity index (χ1) is 15.1. The van der Waals surface area contributed by atoms with Crippen molar-refractivity contribution in [1.82, 2.24) is 5.32 Å². The van der Waals surface area contributed by atoms with Crippen LogP contribution in [0.5, 0.6) is 0 Å². The Morgan fingerprint density at radius 1 is 0.968 bits per heavy atom. The van der Waals surface area contributed by atoms with E-state index in [0.717, 1.165) is 34.8 Å². The Morgan fingerprint density at radius 3 is 2.26 bits per heavy atom. The lowest BCUT2D eigenvalue weighted by atomic mass is 9.42. The third-order valence-corrected chi connectivity index (χ3v) is 12.0. The van der Waals surface area contributed by atoms with Crippen molar-refractivity contribution in [2.24, 2.45) is 28.9 Å². The van der Waals surface area contributed by atoms with E-state index < -0.39 is 0 Å². The third kappa shape index (κ3) is 3.79. The van der Waals surface area contributed by atoms with Crippen LogP contribution in [0.15, 0.2) is 30.3 Å². The second-order valence-electron chi connectivity index (χ2n) is 11.7. The first-order valence-corrected chi connectivity index (χ1v) is 14.2. The molecular weight excluding hydrogens is 416 g/mol. The summed E-state index contributed by atoms with van der Waals surface area (Å²) in [5.41, 5.74) is 8.11. The molecule has 6 aliphatic rings. The summed E-state index contributed by atoms with van der Waals surface area (Å²) in [6.07, 6.45) is 14.7. The van der Waals surface area contributed by atoms with E-state index in [1.54, 1.807) is 5.56 Å². The summed E-state index contributed by atoms with van der Waals surface area (Å²) < 4.78 is 0. The Hall–Kier alpha value is -0.580. The van der Waals surface area contributed by atoms with Gasteiger partial charge < -0.3 is 11.1 Å². The Bertz CT molecular complexity index is 796. The van der Waals surface area contributed by atoms with Gasteiger partial charge in [-0.3, -0.25) is 0 Å². The van der Waals surface area contributed by atoms with E-state index in [9.17, 15) is 0 Å². The highest BCUT2D eigenvalue weighted by atomic mass is 32.2. The zero-order valence-corrected chi connectivity index (χ0v) is 20.4. The van der Waals surface area contributed by atoms with E-state index in [2.05, 4.69) is 47.4 Å². The Morgan fingerprint density at radius 2 is 1.65 bits per heavy atom. The first kappa shape index (κ1) is 21.0. The van der Waals surface area contributed by atoms with E-state index in [4.69, 9.17) is 18.0 Å². The summed E-state index contributed by atoms with van der Waals surface area (Å²) in [7, 11) is 0. The molecule has 4 bridgehead atoms. The molecule has 7 rings (SSSR count). The molecular formula is C27H38N2S2. The van der Waals surface area contributed by atoms with E-state index in [1.165, 1.54) is 75.6 Å². The van der Waals surface area contributed by atoms with Gasteiger partial charge in [0.1, 0.15) is 0 Å². The summed E-state index contributed by atoms with van der Waals surface area (Å²) >= 11 is 8.65. The van der Waals surface area contributed by atoms with E-state index in [1.807, 2.05) is 0 Å². The maximum Gasteiger partial charge on any atom is 0.0818 e. The van der Waals surface area contributed by atoms with Crippen LogP contribution in [0.25, 0.3) is 0 Å². The molecule has 6 fully saturated rings. The highest BCUT2D eigenvalue weighted by Crippen LogP contribution is 2.68. The first-order valence-electron chi connectivity index (χ1n) is 12.8. The van der Waals surface area contributed by atoms with E-state index >= 15 is 0 Å². The number of nitrogens with two attached hydrogens (primary N) is 1. The molecule has 0 radical (unpaired) electrons. The van der Waals surface area contributed by atoms with Crippen LogP contribution >= 0.6 is 24.0 Å². The summed E-state index contributed by atoms with van der Waals surface area (Å²) in [5, 5.41) is 5.80. The van der Waals surface area contributed by atoms with Crippen LogP contribution in [0, 0.1) is 23.2 Å². The van der Waals surface area contributed by atoms with E-state index in [-0.39, 0.29) is 5.41 Å². The van der Waals surface area contributed by atoms with Gasteiger partial charge in [-0.1, -0.05) is 42.5 Å². The number of hydrogen-bond donors (Lipinski definition) is 2. The summed E-state index contributed by atoms with van der Waals surface area (Å²) in [5.74, 6) is 2.42. The predicted octanol–water partition coefficient (Wildman–Crippen LogP) is 5.83. The number of thioether (sulfide) groups is 1. The fourth-order valence-electron chi connectivity index (χ4n) is 8.03. The van der Waals surface area contributed by atoms with Gasteiger partial charge in [0.2, 0.25) is 0 Å². The molecule has 2 atom stereocenters. The van der Waals surface area contributed by atoms with Gasteiger partial charge in [-0.25, -0.2) is 0 Å². The van der Waals surface area contributed by atoms with Crippen molar-refractivity contribution in [3.8, 4) is 0 Å². The molecule has 0 amide bonds. The monoisotopic (exact) mass is 454 g/mol. The molecule has 2 nitrogen and oxygen atoms in total. The second kappa shape index (κ2) is 8.02. The summed E-state index contributed by atoms with van der Waals surface area (Å²) in [6.45, 7) is 0.851. The number of nitrogens with one attached hydrogen (secondary N) is 1. The van der Waals surface area contributed by atoms with Crippen LogP contribution in [0.2, 0.25) is 0 Å². The summed E-state index contributed by atoms with van der Waals surface area (Å²) in [4.78, 5) is 1.23. The van der Waals surface area contributed by atoms with Gasteiger partial charge in [0.15, 0.2) is 0 Å². The SMILES string of the molecule is NCC1CCC(NC(=S)C23CC4CC(c5ccccc5)(CC(C2)C4SC2CC2)C3)CC1. The normalized spacial score (nSPS) is 43.7. The fraction of sp³-hybridized carbons (Fsp3) is 0.741. The molecule has 3 N–H and O–H groups in total. The maximum absolute atomic E-state index is 6.28. The maximum atomic E-state index is 6.28. The molecule has 0 aliphatic heterocycles. The molecule has 0 heterocycles. The van der Waals surface area contributed by atoms with Crippen molar-refractivity contribution in [2.45, 2.75) is 92.6 Å². The Kier molecular flexibility index (Phi) is 5.43. The van der Waals surface area contributed by atoms with Crippen LogP contribution in [0.1, 0.15) is 76.2 Å². The average Bonchev–Trinajstić information content (AvgIpc) is 3.61. The summed E-state index contributed by atoms with van der Waals surface area (Å²) in [6, 6.07) is 12.1. The van der Waals surface area contributed by atoms with Crippen LogP contribution in [0.4, 0.5) is 0 Å². The minimum absolute atomic E-state index is 0.238. The molecule has 4 heteroatoms. The smallest absolute Gasteiger partial charge is 0.0818 e. The molecule has 31 heavy (non-hydrogen) atoms. The van der Waals surface area contributed by atoms with Gasteiger partial charge in [-0.05, 0) is 106 Å². The number of hydrogen-bond acceptors (Lipinski definition) is 3. The molecule has 6 saturated carbocycles. The topological polar surface area (TPSA) is 38.0 Å². The second-order valence-corrected chi connectivity index (χ2v) is 13.6. The van der Waals surface area contributed by atoms with Gasteiger partial charge in [0.25, 0.3) is 0 Å². The number of benzene rings is 1. The van der Waals surface area contributed by atoms with Gasteiger partial charge in [-0.2, -0.15) is 11.8 Å². The van der Waals surface area contributed by atoms with Crippen molar-refractivity contribution in [1.29, 1.82) is 0 Å². The van der Waals surface area contributed by atoms with Crippen LogP contribution < -0.4 is 11.1 Å². The van der Waals surface area contributed by atoms with Gasteiger partial charge >= 0.3 is 0 Å². The highest BCUT2D eigenvalue weighted by molar-refractivity contribution is 8.00. The molecule has 0 saturated heterocycles. The zero-order valence-electron chi connectivity index (χ0n) is 18.7. The van der Waals surface area contributed by atoms with Gasteiger partial charge in [0, 0.05) is 22.0 Å². The lowest BCUT2D eigenvalue weighted by Crippen LogP contribution is -2.63. The largest absolute Gasteiger partial charge is 0.376 e. The zero-order chi connectivity index (χ0) is 21.1. The molecule has 6 aliphatic carbocycles. The molecule has 168 valence electrons. The molecule has 0 spiro atoms. The standard InChI is InChI=1S/C27H38N2S2/c28-16-18-6-8-22(9-7-18)29-25(30)27-14-19-12-26(17-27,21-4-2-1-3-5-21)13-20(15-27)24(19)31-23-10-11-23/h1-5,18-20,22-24H,6-17,28H2,(H,29,30). The minimum Gasteiger partial charge on any atom is -0.376 e. The molecule has 2 unspecified atom stereocenters. The highest BCUT2D eigenvalue weighted by Gasteiger charge is 2.63. The Balaban J connectivity index is 1.25. The van der Waals surface area contributed by atoms with Crippen molar-refractivity contribution in [3.05, 3.63) is 35.9 Å². The molecule has 0 aromatic heterocycles. The van der Waals surface area contributed by atoms with Crippen LogP contribution in [-0.4, -0.2) is 28.1 Å². The average molecular weight is 455 g/mol. The minimum atomic E-state index is 0.238. The van der Waals surface area contributed by atoms with Crippen LogP contribution in [0.3, 0.4) is 0 Å². The third-order valence-electron chi connectivity index (χ3n) is 9.47. The van der Waals surface area contributed by atoms with Crippen molar-refractivity contribution in [3.63, 3.8) is 0 Å². The van der Waals surface area contributed by atoms with Crippen LogP contribution in [-0.2, 0) is 5.41 Å². The number of thiocarbonyl (C=S) groups is 1. The lowest BCUT2D eigenvalue weighted by molar-refractivity contribution is -0.0298. The van der Waals surface area contributed by atoms with Crippen molar-refractivity contribution >= 4 is 29.0 Å². The molecule has 1 aromatic carbocycles. The van der Waals surface area contributed by atoms with Crippen molar-refractivity contribution in [2.75, 3.05) is 6.54 Å². The number of rotatable bonds is 6. The lowest BCUT2D eigenvalue weighted by Gasteiger charge is -2.65. The molecule has 1 aromatic rings. The quantitative estimate of drug-likeness (QED) is 0.530. The van der Waals surface area contributed by atoms with Crippen molar-refractivity contribution < 1.29 is 0 Å². The van der Waals surface area contributed by atoms with Gasteiger partial charge in [-0.15, -0.1) is 0 Å². The predicted molar refractivity (Wildman–Crippen MR) is 136 cm³/mol. The Labute approximate surface area is 197 Å². The van der Waals surface area contributed by atoms with E-state index in [0.29, 0.717) is 11.5 Å².